The number of benzene rings is 1. The van der Waals surface area contributed by atoms with Crippen molar-refractivity contribution < 1.29 is 27.6 Å². The van der Waals surface area contributed by atoms with Crippen LogP contribution in [0.15, 0.2) is 18.2 Å². The first-order chi connectivity index (χ1) is 9.36. The molecule has 1 aliphatic rings. The maximum atomic E-state index is 11.8. The molecule has 5 nitrogen and oxygen atoms in total. The maximum absolute atomic E-state index is 11.8. The normalized spacial score (nSPS) is 13.6. The molecule has 0 atom stereocenters. The van der Waals surface area contributed by atoms with Gasteiger partial charge in [0.2, 0.25) is 0 Å². The van der Waals surface area contributed by atoms with Crippen LogP contribution in [0.5, 0.6) is 0 Å². The Bertz CT molecular complexity index is 543. The molecule has 0 heterocycles. The van der Waals surface area contributed by atoms with Crippen LogP contribution in [-0.4, -0.2) is 18.2 Å². The van der Waals surface area contributed by atoms with Crippen molar-refractivity contribution in [3.63, 3.8) is 0 Å². The predicted molar refractivity (Wildman–Crippen MR) is 62.8 cm³/mol. The van der Waals surface area contributed by atoms with Gasteiger partial charge in [-0.05, 0) is 42.5 Å². The molecule has 20 heavy (non-hydrogen) atoms. The average molecular weight is 288 g/mol. The van der Waals surface area contributed by atoms with E-state index < -0.39 is 18.2 Å². The summed E-state index contributed by atoms with van der Waals surface area (Å²) >= 11 is 0. The minimum atomic E-state index is -5.15. The number of hydroxylamine groups is 1. The van der Waals surface area contributed by atoms with Gasteiger partial charge in [-0.15, -0.1) is 0 Å². The lowest BCUT2D eigenvalue weighted by Gasteiger charge is -2.09. The molecule has 0 saturated carbocycles. The van der Waals surface area contributed by atoms with Crippen LogP contribution in [0.1, 0.15) is 17.5 Å². The second kappa shape index (κ2) is 5.40. The summed E-state index contributed by atoms with van der Waals surface area (Å²) in [6.45, 7) is 0. The van der Waals surface area contributed by atoms with E-state index in [1.807, 2.05) is 6.07 Å². The van der Waals surface area contributed by atoms with Gasteiger partial charge in [-0.3, -0.25) is 0 Å². The number of carbonyl (C=O) groups is 2. The third-order valence-electron chi connectivity index (χ3n) is 2.82. The first-order valence-corrected chi connectivity index (χ1v) is 5.83. The molecular formula is C12H11F3N2O3. The lowest BCUT2D eigenvalue weighted by atomic mass is 10.1. The number of hydrogen-bond acceptors (Lipinski definition) is 3. The van der Waals surface area contributed by atoms with Gasteiger partial charge in [0.05, 0.1) is 0 Å². The Balaban J connectivity index is 1.87. The van der Waals surface area contributed by atoms with E-state index in [1.54, 1.807) is 12.1 Å². The monoisotopic (exact) mass is 288 g/mol. The van der Waals surface area contributed by atoms with E-state index in [1.165, 1.54) is 11.0 Å². The highest BCUT2D eigenvalue weighted by atomic mass is 19.4. The molecule has 1 aromatic carbocycles. The molecule has 2 N–H and O–H groups in total. The molecule has 0 spiro atoms. The van der Waals surface area contributed by atoms with E-state index >= 15 is 0 Å². The topological polar surface area (TPSA) is 67.4 Å². The Hall–Kier alpha value is -2.25. The van der Waals surface area contributed by atoms with E-state index in [0.29, 0.717) is 5.69 Å². The molecule has 8 heteroatoms. The molecule has 2 rings (SSSR count). The molecule has 1 aliphatic carbocycles. The third-order valence-corrected chi connectivity index (χ3v) is 2.82. The Morgan fingerprint density at radius 2 is 1.85 bits per heavy atom. The van der Waals surface area contributed by atoms with Crippen LogP contribution in [0, 0.1) is 0 Å². The fourth-order valence-corrected chi connectivity index (χ4v) is 1.96. The molecule has 0 aliphatic heterocycles. The SMILES string of the molecule is O=C(NOC(=O)C(F)(F)F)Nc1ccc2c(c1)CCC2. The fraction of sp³-hybridized carbons (Fsp3) is 0.333. The highest BCUT2D eigenvalue weighted by Gasteiger charge is 2.42. The van der Waals surface area contributed by atoms with Crippen molar-refractivity contribution >= 4 is 17.7 Å². The Kier molecular flexibility index (Phi) is 3.82. The van der Waals surface area contributed by atoms with Gasteiger partial charge in [-0.25, -0.2) is 9.59 Å². The molecule has 2 amide bonds. The molecule has 1 aromatic rings. The first kappa shape index (κ1) is 14.2. The summed E-state index contributed by atoms with van der Waals surface area (Å²) in [5.41, 5.74) is 4.09. The minimum Gasteiger partial charge on any atom is -0.331 e. The largest absolute Gasteiger partial charge is 0.493 e. The summed E-state index contributed by atoms with van der Waals surface area (Å²) in [6, 6.07) is 4.17. The number of amides is 2. The quantitative estimate of drug-likeness (QED) is 0.779. The second-order valence-electron chi connectivity index (χ2n) is 4.28. The standard InChI is InChI=1S/C12H11F3N2O3/c13-12(14,15)10(18)20-17-11(19)16-9-5-4-7-2-1-3-8(7)6-9/h4-6H,1-3H2,(H2,16,17,19). The van der Waals surface area contributed by atoms with E-state index in [4.69, 9.17) is 0 Å². The van der Waals surface area contributed by atoms with Gasteiger partial charge in [-0.2, -0.15) is 18.7 Å². The molecule has 0 aromatic heterocycles. The number of halogens is 3. The summed E-state index contributed by atoms with van der Waals surface area (Å²) in [5, 5.41) is 2.28. The van der Waals surface area contributed by atoms with E-state index in [2.05, 4.69) is 10.2 Å². The lowest BCUT2D eigenvalue weighted by Crippen LogP contribution is -2.36. The van der Waals surface area contributed by atoms with Crippen molar-refractivity contribution in [1.29, 1.82) is 0 Å². The fourth-order valence-electron chi connectivity index (χ4n) is 1.96. The van der Waals surface area contributed by atoms with Gasteiger partial charge in [0.25, 0.3) is 0 Å². The van der Waals surface area contributed by atoms with Crippen molar-refractivity contribution in [3.05, 3.63) is 29.3 Å². The van der Waals surface area contributed by atoms with Gasteiger partial charge >= 0.3 is 18.2 Å². The van der Waals surface area contributed by atoms with Gasteiger partial charge in [0.15, 0.2) is 0 Å². The number of rotatable bonds is 1. The number of aryl methyl sites for hydroxylation is 2. The van der Waals surface area contributed by atoms with Crippen LogP contribution in [0.3, 0.4) is 0 Å². The smallest absolute Gasteiger partial charge is 0.331 e. The zero-order valence-corrected chi connectivity index (χ0v) is 10.2. The van der Waals surface area contributed by atoms with Crippen LogP contribution < -0.4 is 10.8 Å². The third kappa shape index (κ3) is 3.40. The maximum Gasteiger partial charge on any atom is 0.493 e. The minimum absolute atomic E-state index is 0.422. The van der Waals surface area contributed by atoms with Gasteiger partial charge < -0.3 is 10.2 Å². The second-order valence-corrected chi connectivity index (χ2v) is 4.28. The van der Waals surface area contributed by atoms with Crippen molar-refractivity contribution in [2.45, 2.75) is 25.4 Å². The lowest BCUT2D eigenvalue weighted by molar-refractivity contribution is -0.204. The number of fused-ring (bicyclic) bond motifs is 1. The summed E-state index contributed by atoms with van der Waals surface area (Å²) in [6.07, 6.45) is -2.24. The van der Waals surface area contributed by atoms with Crippen molar-refractivity contribution in [3.8, 4) is 0 Å². The summed E-state index contributed by atoms with van der Waals surface area (Å²) in [5.74, 6) is -2.48. The van der Waals surface area contributed by atoms with Crippen LogP contribution in [0.4, 0.5) is 23.7 Å². The van der Waals surface area contributed by atoms with Crippen molar-refractivity contribution in [2.24, 2.45) is 0 Å². The highest BCUT2D eigenvalue weighted by Crippen LogP contribution is 2.24. The van der Waals surface area contributed by atoms with Gasteiger partial charge in [0, 0.05) is 5.69 Å². The molecule has 0 radical (unpaired) electrons. The van der Waals surface area contributed by atoms with Gasteiger partial charge in [-0.1, -0.05) is 6.07 Å². The highest BCUT2D eigenvalue weighted by molar-refractivity contribution is 5.89. The first-order valence-electron chi connectivity index (χ1n) is 5.83. The Morgan fingerprint density at radius 3 is 2.55 bits per heavy atom. The number of hydrogen-bond donors (Lipinski definition) is 2. The Labute approximate surface area is 112 Å². The predicted octanol–water partition coefficient (Wildman–Crippen LogP) is 2.32. The van der Waals surface area contributed by atoms with Crippen molar-refractivity contribution in [1.82, 2.24) is 5.48 Å². The zero-order valence-electron chi connectivity index (χ0n) is 10.2. The summed E-state index contributed by atoms with van der Waals surface area (Å²) < 4.78 is 35.5. The summed E-state index contributed by atoms with van der Waals surface area (Å²) in [4.78, 5) is 25.3. The van der Waals surface area contributed by atoms with Crippen LogP contribution in [0.2, 0.25) is 0 Å². The van der Waals surface area contributed by atoms with E-state index in [0.717, 1.165) is 24.8 Å². The van der Waals surface area contributed by atoms with E-state index in [9.17, 15) is 22.8 Å². The van der Waals surface area contributed by atoms with Crippen LogP contribution in [0.25, 0.3) is 0 Å². The Morgan fingerprint density at radius 1 is 1.15 bits per heavy atom. The molecular weight excluding hydrogens is 277 g/mol. The molecule has 0 bridgehead atoms. The number of anilines is 1. The summed E-state index contributed by atoms with van der Waals surface area (Å²) in [7, 11) is 0. The van der Waals surface area contributed by atoms with Gasteiger partial charge in [0.1, 0.15) is 0 Å². The van der Waals surface area contributed by atoms with Crippen LogP contribution >= 0.6 is 0 Å². The number of urea groups is 1. The zero-order chi connectivity index (χ0) is 14.8. The number of carbonyl (C=O) groups excluding carboxylic acids is 2. The number of nitrogens with one attached hydrogen (secondary N) is 2. The van der Waals surface area contributed by atoms with E-state index in [-0.39, 0.29) is 0 Å². The average Bonchev–Trinajstić information content (AvgIpc) is 2.82. The molecule has 0 unspecified atom stereocenters. The molecule has 108 valence electrons. The van der Waals surface area contributed by atoms with Crippen LogP contribution in [-0.2, 0) is 22.5 Å². The number of alkyl halides is 3. The van der Waals surface area contributed by atoms with Crippen molar-refractivity contribution in [2.75, 3.05) is 5.32 Å². The molecule has 0 fully saturated rings. The molecule has 0 saturated heterocycles.